The molecule has 0 unspecified atom stereocenters. The standard InChI is InChI=1S/C15H19NO3S2/c1-10-5-11(2)7-13(6-10)16(4)21(18,19)15-8-12(3)14(9-17)20-15/h5-8,17H,9H2,1-4H3. The molecule has 0 fully saturated rings. The number of nitrogens with zero attached hydrogens (tertiary/aromatic N) is 1. The molecule has 0 aliphatic heterocycles. The Morgan fingerprint density at radius 1 is 1.10 bits per heavy atom. The number of rotatable bonds is 4. The van der Waals surface area contributed by atoms with Crippen LogP contribution in [0.2, 0.25) is 0 Å². The highest BCUT2D eigenvalue weighted by Crippen LogP contribution is 2.31. The van der Waals surface area contributed by atoms with E-state index in [1.165, 1.54) is 4.31 Å². The van der Waals surface area contributed by atoms with Crippen molar-refractivity contribution < 1.29 is 13.5 Å². The third-order valence-corrected chi connectivity index (χ3v) is 6.78. The molecule has 2 rings (SSSR count). The molecule has 0 atom stereocenters. The van der Waals surface area contributed by atoms with Gasteiger partial charge in [-0.15, -0.1) is 11.3 Å². The maximum Gasteiger partial charge on any atom is 0.273 e. The first kappa shape index (κ1) is 16.0. The molecule has 0 saturated heterocycles. The van der Waals surface area contributed by atoms with Crippen LogP contribution in [0.5, 0.6) is 0 Å². The molecule has 1 aromatic heterocycles. The summed E-state index contributed by atoms with van der Waals surface area (Å²) in [5.41, 5.74) is 3.48. The minimum Gasteiger partial charge on any atom is -0.391 e. The Kier molecular flexibility index (Phi) is 4.41. The first-order valence-electron chi connectivity index (χ1n) is 6.53. The second kappa shape index (κ2) is 5.79. The lowest BCUT2D eigenvalue weighted by molar-refractivity contribution is 0.285. The lowest BCUT2D eigenvalue weighted by Gasteiger charge is -2.19. The molecule has 0 aliphatic rings. The molecule has 114 valence electrons. The van der Waals surface area contributed by atoms with Crippen molar-refractivity contribution >= 4 is 27.0 Å². The number of thiophene rings is 1. The second-order valence-electron chi connectivity index (χ2n) is 5.15. The highest BCUT2D eigenvalue weighted by molar-refractivity contribution is 7.94. The summed E-state index contributed by atoms with van der Waals surface area (Å²) < 4.78 is 26.9. The average molecular weight is 325 g/mol. The van der Waals surface area contributed by atoms with Crippen LogP contribution in [0.1, 0.15) is 21.6 Å². The van der Waals surface area contributed by atoms with Crippen molar-refractivity contribution in [1.29, 1.82) is 0 Å². The quantitative estimate of drug-likeness (QED) is 0.940. The SMILES string of the molecule is Cc1cc(C)cc(N(C)S(=O)(=O)c2cc(C)c(CO)s2)c1. The van der Waals surface area contributed by atoms with Crippen molar-refractivity contribution in [2.24, 2.45) is 0 Å². The van der Waals surface area contributed by atoms with Gasteiger partial charge < -0.3 is 5.11 Å². The molecule has 0 amide bonds. The molecule has 21 heavy (non-hydrogen) atoms. The van der Waals surface area contributed by atoms with Gasteiger partial charge in [0.2, 0.25) is 0 Å². The summed E-state index contributed by atoms with van der Waals surface area (Å²) in [6.45, 7) is 5.55. The monoisotopic (exact) mass is 325 g/mol. The minimum atomic E-state index is -3.60. The Labute approximate surface area is 129 Å². The van der Waals surface area contributed by atoms with E-state index in [9.17, 15) is 13.5 Å². The van der Waals surface area contributed by atoms with Gasteiger partial charge in [-0.2, -0.15) is 0 Å². The van der Waals surface area contributed by atoms with Crippen molar-refractivity contribution in [3.8, 4) is 0 Å². The normalized spacial score (nSPS) is 11.7. The molecule has 0 saturated carbocycles. The maximum absolute atomic E-state index is 12.7. The predicted octanol–water partition coefficient (Wildman–Crippen LogP) is 2.99. The predicted molar refractivity (Wildman–Crippen MR) is 86.5 cm³/mol. The molecule has 0 spiro atoms. The van der Waals surface area contributed by atoms with Gasteiger partial charge in [0.05, 0.1) is 12.3 Å². The van der Waals surface area contributed by atoms with Crippen LogP contribution in [0.3, 0.4) is 0 Å². The van der Waals surface area contributed by atoms with E-state index in [4.69, 9.17) is 0 Å². The van der Waals surface area contributed by atoms with Crippen LogP contribution in [-0.4, -0.2) is 20.6 Å². The summed E-state index contributed by atoms with van der Waals surface area (Å²) in [6, 6.07) is 7.31. The number of benzene rings is 1. The molecule has 6 heteroatoms. The lowest BCUT2D eigenvalue weighted by Crippen LogP contribution is -2.25. The van der Waals surface area contributed by atoms with Gasteiger partial charge in [-0.1, -0.05) is 6.07 Å². The Hall–Kier alpha value is -1.37. The van der Waals surface area contributed by atoms with Crippen molar-refractivity contribution in [3.05, 3.63) is 45.8 Å². The molecule has 0 bridgehead atoms. The smallest absolute Gasteiger partial charge is 0.273 e. The van der Waals surface area contributed by atoms with Crippen molar-refractivity contribution in [1.82, 2.24) is 0 Å². The zero-order valence-corrected chi connectivity index (χ0v) is 14.2. The first-order valence-corrected chi connectivity index (χ1v) is 8.78. The number of sulfonamides is 1. The molecular weight excluding hydrogens is 306 g/mol. The lowest BCUT2D eigenvalue weighted by atomic mass is 10.1. The fourth-order valence-electron chi connectivity index (χ4n) is 2.18. The number of hydrogen-bond donors (Lipinski definition) is 1. The van der Waals surface area contributed by atoms with Gasteiger partial charge >= 0.3 is 0 Å². The Morgan fingerprint density at radius 3 is 2.14 bits per heavy atom. The van der Waals surface area contributed by atoms with E-state index in [-0.39, 0.29) is 10.8 Å². The van der Waals surface area contributed by atoms with Crippen LogP contribution in [0, 0.1) is 20.8 Å². The van der Waals surface area contributed by atoms with Crippen LogP contribution in [0.15, 0.2) is 28.5 Å². The molecular formula is C15H19NO3S2. The molecule has 0 radical (unpaired) electrons. The van der Waals surface area contributed by atoms with Gasteiger partial charge in [0.1, 0.15) is 4.21 Å². The molecule has 2 aromatic rings. The van der Waals surface area contributed by atoms with E-state index in [0.29, 0.717) is 10.6 Å². The zero-order chi connectivity index (χ0) is 15.8. The summed E-state index contributed by atoms with van der Waals surface area (Å²) >= 11 is 1.12. The van der Waals surface area contributed by atoms with E-state index >= 15 is 0 Å². The first-order chi connectivity index (χ1) is 9.75. The number of anilines is 1. The summed E-state index contributed by atoms with van der Waals surface area (Å²) in [7, 11) is -2.04. The fourth-order valence-corrected chi connectivity index (χ4v) is 4.98. The molecule has 0 aliphatic carbocycles. The summed E-state index contributed by atoms with van der Waals surface area (Å²) in [5.74, 6) is 0. The van der Waals surface area contributed by atoms with Gasteiger partial charge in [-0.05, 0) is 55.7 Å². The van der Waals surface area contributed by atoms with Crippen LogP contribution >= 0.6 is 11.3 Å². The van der Waals surface area contributed by atoms with Gasteiger partial charge in [0, 0.05) is 11.9 Å². The summed E-state index contributed by atoms with van der Waals surface area (Å²) in [5, 5.41) is 9.23. The topological polar surface area (TPSA) is 57.6 Å². The van der Waals surface area contributed by atoms with Crippen molar-refractivity contribution in [2.45, 2.75) is 31.6 Å². The number of aliphatic hydroxyl groups excluding tert-OH is 1. The largest absolute Gasteiger partial charge is 0.391 e. The van der Waals surface area contributed by atoms with Crippen LogP contribution < -0.4 is 4.31 Å². The molecule has 1 heterocycles. The van der Waals surface area contributed by atoms with Crippen LogP contribution in [0.25, 0.3) is 0 Å². The Morgan fingerprint density at radius 2 is 1.67 bits per heavy atom. The van der Waals surface area contributed by atoms with E-state index < -0.39 is 10.0 Å². The van der Waals surface area contributed by atoms with Crippen LogP contribution in [-0.2, 0) is 16.6 Å². The third kappa shape index (κ3) is 3.12. The molecule has 4 nitrogen and oxygen atoms in total. The Bertz CT molecular complexity index is 743. The highest BCUT2D eigenvalue weighted by atomic mass is 32.2. The second-order valence-corrected chi connectivity index (χ2v) is 8.48. The van der Waals surface area contributed by atoms with Gasteiger partial charge in [0.25, 0.3) is 10.0 Å². The maximum atomic E-state index is 12.7. The zero-order valence-electron chi connectivity index (χ0n) is 12.5. The summed E-state index contributed by atoms with van der Waals surface area (Å²) in [4.78, 5) is 0.683. The van der Waals surface area contributed by atoms with E-state index in [1.54, 1.807) is 20.0 Å². The van der Waals surface area contributed by atoms with Crippen molar-refractivity contribution in [3.63, 3.8) is 0 Å². The molecule has 1 aromatic carbocycles. The highest BCUT2D eigenvalue weighted by Gasteiger charge is 2.24. The van der Waals surface area contributed by atoms with Gasteiger partial charge in [-0.25, -0.2) is 8.42 Å². The number of hydrogen-bond acceptors (Lipinski definition) is 4. The fraction of sp³-hybridized carbons (Fsp3) is 0.333. The summed E-state index contributed by atoms with van der Waals surface area (Å²) in [6.07, 6.45) is 0. The third-order valence-electron chi connectivity index (χ3n) is 3.33. The van der Waals surface area contributed by atoms with E-state index in [1.807, 2.05) is 32.0 Å². The van der Waals surface area contributed by atoms with E-state index in [0.717, 1.165) is 28.0 Å². The average Bonchev–Trinajstić information content (AvgIpc) is 2.78. The number of aliphatic hydroxyl groups is 1. The van der Waals surface area contributed by atoms with E-state index in [2.05, 4.69) is 0 Å². The van der Waals surface area contributed by atoms with Crippen molar-refractivity contribution in [2.75, 3.05) is 11.4 Å². The number of aryl methyl sites for hydroxylation is 3. The molecule has 1 N–H and O–H groups in total. The Balaban J connectivity index is 2.46. The van der Waals surface area contributed by atoms with Gasteiger partial charge in [0.15, 0.2) is 0 Å². The van der Waals surface area contributed by atoms with Crippen LogP contribution in [0.4, 0.5) is 5.69 Å². The van der Waals surface area contributed by atoms with Gasteiger partial charge in [-0.3, -0.25) is 4.31 Å². The minimum absolute atomic E-state index is 0.140.